The minimum absolute atomic E-state index is 0.0658. The predicted molar refractivity (Wildman–Crippen MR) is 245 cm³/mol. The number of fused-ring (bicyclic) bond motifs is 3. The molecule has 7 aromatic carbocycles. The Hall–Kier alpha value is -7.56. The molecule has 1 aliphatic carbocycles. The van der Waals surface area contributed by atoms with Gasteiger partial charge in [-0.15, -0.1) is 0 Å². The summed E-state index contributed by atoms with van der Waals surface area (Å²) >= 11 is 0. The van der Waals surface area contributed by atoms with Gasteiger partial charge in [0.1, 0.15) is 0 Å². The van der Waals surface area contributed by atoms with Crippen molar-refractivity contribution < 1.29 is 0 Å². The van der Waals surface area contributed by atoms with Crippen LogP contribution in [0.2, 0.25) is 0 Å². The summed E-state index contributed by atoms with van der Waals surface area (Å²) < 4.78 is 0. The Kier molecular flexibility index (Phi) is 9.15. The smallest absolute Gasteiger partial charge is 0.0701 e. The molecule has 0 N–H and O–H groups in total. The van der Waals surface area contributed by atoms with Crippen LogP contribution in [0.4, 0.5) is 34.1 Å². The van der Waals surface area contributed by atoms with Crippen LogP contribution >= 0.6 is 0 Å². The summed E-state index contributed by atoms with van der Waals surface area (Å²) in [5.74, 6) is 0. The fraction of sp³-hybridized carbons (Fsp3) is 0.0545. The first-order valence-corrected chi connectivity index (χ1v) is 20.1. The molecular weight excluding hydrogens is 717 g/mol. The van der Waals surface area contributed by atoms with Gasteiger partial charge in [0.05, 0.1) is 5.69 Å². The summed E-state index contributed by atoms with van der Waals surface area (Å²) in [5, 5.41) is 0. The Bertz CT molecular complexity index is 2770. The average Bonchev–Trinajstić information content (AvgIpc) is 3.54. The zero-order valence-corrected chi connectivity index (χ0v) is 33.1. The largest absolute Gasteiger partial charge is 0.311 e. The van der Waals surface area contributed by atoms with E-state index in [1.807, 2.05) is 42.9 Å². The summed E-state index contributed by atoms with van der Waals surface area (Å²) in [6.45, 7) is 4.67. The van der Waals surface area contributed by atoms with E-state index in [1.54, 1.807) is 0 Å². The molecule has 0 fully saturated rings. The first-order valence-electron chi connectivity index (χ1n) is 20.1. The third-order valence-corrected chi connectivity index (χ3v) is 11.6. The molecule has 0 spiro atoms. The molecule has 0 atom stereocenters. The van der Waals surface area contributed by atoms with Gasteiger partial charge in [-0.25, -0.2) is 0 Å². The summed E-state index contributed by atoms with van der Waals surface area (Å²) in [5.41, 5.74) is 18.3. The molecule has 4 nitrogen and oxygen atoms in total. The van der Waals surface area contributed by atoms with E-state index in [1.165, 1.54) is 33.4 Å². The molecular formula is C55H42N4. The highest BCUT2D eigenvalue weighted by molar-refractivity contribution is 5.88. The molecule has 0 aliphatic heterocycles. The first kappa shape index (κ1) is 35.8. The molecule has 282 valence electrons. The van der Waals surface area contributed by atoms with Crippen LogP contribution in [-0.2, 0) is 5.41 Å². The van der Waals surface area contributed by atoms with Crippen molar-refractivity contribution in [2.45, 2.75) is 19.3 Å². The van der Waals surface area contributed by atoms with Gasteiger partial charge in [-0.3, -0.25) is 9.97 Å². The van der Waals surface area contributed by atoms with E-state index in [4.69, 9.17) is 0 Å². The standard InChI is InChI=1S/C55H42N4/c1-55(2)52-15-7-6-14-50(52)51-37-49(33-34-53(51)55)59(46-23-17-40(18-24-46)39-11-4-3-5-12-39)48-31-29-47(30-32-48)58(44-25-19-41(20-26-44)43-13-10-35-56-38-43)45-27-21-42(22-28-45)54-16-8-9-36-57-54/h3-38H,1-2H3. The maximum atomic E-state index is 4.59. The Morgan fingerprint density at radius 3 is 1.42 bits per heavy atom. The highest BCUT2D eigenvalue weighted by Gasteiger charge is 2.35. The minimum Gasteiger partial charge on any atom is -0.311 e. The van der Waals surface area contributed by atoms with Crippen LogP contribution in [0, 0.1) is 0 Å². The van der Waals surface area contributed by atoms with Gasteiger partial charge in [0.15, 0.2) is 0 Å². The lowest BCUT2D eigenvalue weighted by Crippen LogP contribution is -2.15. The molecule has 0 amide bonds. The second-order valence-electron chi connectivity index (χ2n) is 15.6. The van der Waals surface area contributed by atoms with Crippen LogP contribution in [0.25, 0.3) is 44.6 Å². The Balaban J connectivity index is 1.06. The molecule has 0 radical (unpaired) electrons. The van der Waals surface area contributed by atoms with Crippen LogP contribution in [0.3, 0.4) is 0 Å². The van der Waals surface area contributed by atoms with E-state index in [0.717, 1.165) is 56.5 Å². The third kappa shape index (κ3) is 6.75. The fourth-order valence-electron chi connectivity index (χ4n) is 8.58. The number of anilines is 6. The van der Waals surface area contributed by atoms with Gasteiger partial charge in [0.25, 0.3) is 0 Å². The van der Waals surface area contributed by atoms with Crippen LogP contribution in [0.1, 0.15) is 25.0 Å². The zero-order chi connectivity index (χ0) is 39.8. The van der Waals surface area contributed by atoms with Crippen molar-refractivity contribution in [2.24, 2.45) is 0 Å². The number of rotatable bonds is 9. The number of pyridine rings is 2. The lowest BCUT2D eigenvalue weighted by molar-refractivity contribution is 0.660. The van der Waals surface area contributed by atoms with Crippen molar-refractivity contribution in [1.29, 1.82) is 0 Å². The third-order valence-electron chi connectivity index (χ3n) is 11.6. The molecule has 1 aliphatic rings. The van der Waals surface area contributed by atoms with Crippen molar-refractivity contribution >= 4 is 34.1 Å². The molecule has 0 saturated carbocycles. The second kappa shape index (κ2) is 15.1. The molecule has 9 aromatic rings. The summed E-state index contributed by atoms with van der Waals surface area (Å²) in [7, 11) is 0. The zero-order valence-electron chi connectivity index (χ0n) is 33.1. The Morgan fingerprint density at radius 2 is 0.831 bits per heavy atom. The molecule has 2 aromatic heterocycles. The maximum absolute atomic E-state index is 4.59. The predicted octanol–water partition coefficient (Wildman–Crippen LogP) is 14.7. The van der Waals surface area contributed by atoms with Gasteiger partial charge < -0.3 is 9.80 Å². The molecule has 0 bridgehead atoms. The van der Waals surface area contributed by atoms with Crippen LogP contribution in [-0.4, -0.2) is 9.97 Å². The monoisotopic (exact) mass is 758 g/mol. The lowest BCUT2D eigenvalue weighted by atomic mass is 9.82. The van der Waals surface area contributed by atoms with Crippen LogP contribution in [0.5, 0.6) is 0 Å². The average molecular weight is 759 g/mol. The maximum Gasteiger partial charge on any atom is 0.0701 e. The fourth-order valence-corrected chi connectivity index (χ4v) is 8.58. The minimum atomic E-state index is -0.0658. The normalized spacial score (nSPS) is 12.4. The quantitative estimate of drug-likeness (QED) is 0.147. The van der Waals surface area contributed by atoms with Crippen molar-refractivity contribution in [2.75, 3.05) is 9.80 Å². The molecule has 10 rings (SSSR count). The van der Waals surface area contributed by atoms with Gasteiger partial charge in [0, 0.05) is 63.7 Å². The van der Waals surface area contributed by atoms with Gasteiger partial charge in [-0.1, -0.05) is 123 Å². The van der Waals surface area contributed by atoms with E-state index in [2.05, 4.69) is 210 Å². The van der Waals surface area contributed by atoms with E-state index < -0.39 is 0 Å². The topological polar surface area (TPSA) is 32.3 Å². The number of aromatic nitrogens is 2. The van der Waals surface area contributed by atoms with Crippen molar-refractivity contribution in [3.8, 4) is 44.6 Å². The van der Waals surface area contributed by atoms with Crippen LogP contribution in [0.15, 0.2) is 219 Å². The first-order chi connectivity index (χ1) is 29.0. The van der Waals surface area contributed by atoms with Gasteiger partial charge in [0.2, 0.25) is 0 Å². The van der Waals surface area contributed by atoms with E-state index >= 15 is 0 Å². The molecule has 59 heavy (non-hydrogen) atoms. The lowest BCUT2D eigenvalue weighted by Gasteiger charge is -2.29. The van der Waals surface area contributed by atoms with Crippen molar-refractivity contribution in [3.05, 3.63) is 230 Å². The van der Waals surface area contributed by atoms with Gasteiger partial charge >= 0.3 is 0 Å². The number of benzene rings is 7. The Labute approximate surface area is 346 Å². The number of hydrogen-bond donors (Lipinski definition) is 0. The van der Waals surface area contributed by atoms with Gasteiger partial charge in [-0.2, -0.15) is 0 Å². The number of hydrogen-bond acceptors (Lipinski definition) is 4. The van der Waals surface area contributed by atoms with Crippen molar-refractivity contribution in [1.82, 2.24) is 9.97 Å². The highest BCUT2D eigenvalue weighted by Crippen LogP contribution is 2.51. The Morgan fingerprint density at radius 1 is 0.356 bits per heavy atom. The number of nitrogens with zero attached hydrogens (tertiary/aromatic N) is 4. The summed E-state index contributed by atoms with van der Waals surface area (Å²) in [6, 6.07) is 71.7. The van der Waals surface area contributed by atoms with Crippen LogP contribution < -0.4 is 9.80 Å². The molecule has 4 heteroatoms. The molecule has 0 saturated heterocycles. The van der Waals surface area contributed by atoms with Gasteiger partial charge in [-0.05, 0) is 136 Å². The SMILES string of the molecule is CC1(C)c2ccccc2-c2cc(N(c3ccc(-c4ccccc4)cc3)c3ccc(N(c4ccc(-c5cccnc5)cc4)c4ccc(-c5ccccn5)cc4)cc3)ccc21. The summed E-state index contributed by atoms with van der Waals surface area (Å²) in [4.78, 5) is 13.6. The molecule has 2 heterocycles. The second-order valence-corrected chi connectivity index (χ2v) is 15.6. The molecule has 0 unspecified atom stereocenters. The highest BCUT2D eigenvalue weighted by atomic mass is 15.2. The summed E-state index contributed by atoms with van der Waals surface area (Å²) in [6.07, 6.45) is 5.55. The van der Waals surface area contributed by atoms with E-state index in [0.29, 0.717) is 0 Å². The van der Waals surface area contributed by atoms with E-state index in [9.17, 15) is 0 Å². The van der Waals surface area contributed by atoms with Crippen molar-refractivity contribution in [3.63, 3.8) is 0 Å². The van der Waals surface area contributed by atoms with E-state index in [-0.39, 0.29) is 5.41 Å².